The van der Waals surface area contributed by atoms with Crippen LogP contribution in [0.2, 0.25) is 5.02 Å². The second kappa shape index (κ2) is 18.8. The first kappa shape index (κ1) is 44.7. The number of urea groups is 1. The molecular formula is C41H54ClF3N8O7. The van der Waals surface area contributed by atoms with Gasteiger partial charge in [-0.15, -0.1) is 0 Å². The molecule has 4 heterocycles. The van der Waals surface area contributed by atoms with Gasteiger partial charge < -0.3 is 40.1 Å². The van der Waals surface area contributed by atoms with Crippen LogP contribution in [0.4, 0.5) is 34.1 Å². The van der Waals surface area contributed by atoms with E-state index in [-0.39, 0.29) is 66.8 Å². The highest BCUT2D eigenvalue weighted by molar-refractivity contribution is 6.33. The summed E-state index contributed by atoms with van der Waals surface area (Å²) in [4.78, 5) is 75.7. The average molecular weight is 863 g/mol. The SMILES string of the molecule is CN(C)C(=O)COC(=O)CN1CCC(C)(N2CCN(C(=O)[C@@H](Cc3cc(Cl)c(N)c(C(F)(F)F)c3)OC(=O)N3CCC(N4CCc5ccccc5NC4=O)CC3)CC2)CC1. The minimum Gasteiger partial charge on any atom is -0.455 e. The number of nitrogens with two attached hydrogens (primary N) is 1. The van der Waals surface area contributed by atoms with Crippen LogP contribution in [-0.4, -0.2) is 163 Å². The van der Waals surface area contributed by atoms with Gasteiger partial charge in [-0.2, -0.15) is 13.2 Å². The minimum absolute atomic E-state index is 0.0330. The summed E-state index contributed by atoms with van der Waals surface area (Å²) in [5.74, 6) is -1.30. The Balaban J connectivity index is 1.07. The molecule has 0 aliphatic carbocycles. The Morgan fingerprint density at radius 1 is 0.967 bits per heavy atom. The van der Waals surface area contributed by atoms with Crippen LogP contribution >= 0.6 is 11.6 Å². The van der Waals surface area contributed by atoms with Crippen LogP contribution in [0.3, 0.4) is 0 Å². The van der Waals surface area contributed by atoms with Gasteiger partial charge in [0.1, 0.15) is 0 Å². The third-order valence-corrected chi connectivity index (χ3v) is 12.5. The zero-order valence-corrected chi connectivity index (χ0v) is 35.0. The first-order chi connectivity index (χ1) is 28.4. The van der Waals surface area contributed by atoms with Crippen molar-refractivity contribution in [3.8, 4) is 0 Å². The van der Waals surface area contributed by atoms with Gasteiger partial charge in [-0.25, -0.2) is 9.59 Å². The van der Waals surface area contributed by atoms with E-state index in [2.05, 4.69) is 17.1 Å². The molecule has 3 saturated heterocycles. The molecule has 328 valence electrons. The number of piperidine rings is 2. The molecule has 0 spiro atoms. The van der Waals surface area contributed by atoms with Gasteiger partial charge in [0.05, 0.1) is 22.8 Å². The Labute approximate surface area is 352 Å². The number of benzene rings is 2. The topological polar surface area (TPSA) is 161 Å². The maximum Gasteiger partial charge on any atom is 0.418 e. The van der Waals surface area contributed by atoms with E-state index in [1.807, 2.05) is 29.2 Å². The van der Waals surface area contributed by atoms with Crippen molar-refractivity contribution in [1.29, 1.82) is 0 Å². The minimum atomic E-state index is -4.81. The number of fused-ring (bicyclic) bond motifs is 1. The van der Waals surface area contributed by atoms with Crippen molar-refractivity contribution in [3.05, 3.63) is 58.1 Å². The number of para-hydroxylation sites is 1. The Hall–Kier alpha value is -4.81. The number of carbonyl (C=O) groups excluding carboxylic acids is 5. The lowest BCUT2D eigenvalue weighted by molar-refractivity contribution is -0.152. The van der Waals surface area contributed by atoms with Gasteiger partial charge in [0, 0.05) is 96.7 Å². The highest BCUT2D eigenvalue weighted by Crippen LogP contribution is 2.38. The van der Waals surface area contributed by atoms with Gasteiger partial charge in [0.15, 0.2) is 12.7 Å². The van der Waals surface area contributed by atoms with E-state index in [9.17, 15) is 37.1 Å². The summed E-state index contributed by atoms with van der Waals surface area (Å²) in [6.45, 7) is 5.78. The number of ether oxygens (including phenoxy) is 2. The lowest BCUT2D eigenvalue weighted by Gasteiger charge is -2.49. The molecule has 19 heteroatoms. The van der Waals surface area contributed by atoms with Crippen molar-refractivity contribution >= 4 is 52.9 Å². The average Bonchev–Trinajstić information content (AvgIpc) is 3.39. The van der Waals surface area contributed by atoms with E-state index in [1.165, 1.54) is 15.9 Å². The Bertz CT molecular complexity index is 1910. The van der Waals surface area contributed by atoms with E-state index in [0.717, 1.165) is 30.2 Å². The molecule has 0 aromatic heterocycles. The third-order valence-electron chi connectivity index (χ3n) is 12.2. The number of hydrogen-bond acceptors (Lipinski definition) is 10. The quantitative estimate of drug-likeness (QED) is 0.262. The summed E-state index contributed by atoms with van der Waals surface area (Å²) in [6.07, 6.45) is -4.28. The van der Waals surface area contributed by atoms with Gasteiger partial charge in [-0.1, -0.05) is 29.8 Å². The molecule has 6 rings (SSSR count). The molecule has 0 unspecified atom stereocenters. The zero-order valence-electron chi connectivity index (χ0n) is 34.3. The number of nitrogens with zero attached hydrogens (tertiary/aromatic N) is 6. The summed E-state index contributed by atoms with van der Waals surface area (Å²) < 4.78 is 52.8. The number of rotatable bonds is 10. The van der Waals surface area contributed by atoms with Crippen LogP contribution < -0.4 is 11.1 Å². The number of carbonyl (C=O) groups is 5. The second-order valence-corrected chi connectivity index (χ2v) is 16.8. The summed E-state index contributed by atoms with van der Waals surface area (Å²) in [6, 6.07) is 9.38. The zero-order chi connectivity index (χ0) is 43.4. The Morgan fingerprint density at radius 2 is 1.63 bits per heavy atom. The number of halogens is 4. The summed E-state index contributed by atoms with van der Waals surface area (Å²) in [7, 11) is 3.17. The van der Waals surface area contributed by atoms with E-state index >= 15 is 0 Å². The number of piperazine rings is 1. The van der Waals surface area contributed by atoms with Gasteiger partial charge in [0.2, 0.25) is 0 Å². The number of anilines is 2. The summed E-state index contributed by atoms with van der Waals surface area (Å²) in [5, 5.41) is 2.65. The number of hydrogen-bond donors (Lipinski definition) is 2. The predicted octanol–water partition coefficient (Wildman–Crippen LogP) is 4.17. The molecule has 5 amide bonds. The van der Waals surface area contributed by atoms with Crippen molar-refractivity contribution in [2.75, 3.05) is 97.2 Å². The standard InChI is InChI=1S/C41H54ClF3N8O7/c1-40(11-16-49(17-12-40)25-35(55)59-26-34(54)48(2)3)52-20-18-50(19-21-52)37(56)33(24-27-22-30(41(43,44)45)36(46)31(42)23-27)60-39(58)51-13-9-29(10-14-51)53-15-8-28-6-4-5-7-32(28)47-38(53)57/h4-7,22-23,29,33H,8-21,24-26,46H2,1-3H3,(H,47,57)/t33-/m1/s1. The van der Waals surface area contributed by atoms with Gasteiger partial charge in [-0.3, -0.25) is 24.2 Å². The maximum absolute atomic E-state index is 14.2. The fourth-order valence-corrected chi connectivity index (χ4v) is 8.64. The number of nitrogen functional groups attached to an aromatic ring is 1. The second-order valence-electron chi connectivity index (χ2n) is 16.4. The van der Waals surface area contributed by atoms with Gasteiger partial charge in [-0.05, 0) is 68.4 Å². The van der Waals surface area contributed by atoms with E-state index in [4.69, 9.17) is 26.8 Å². The number of nitrogens with one attached hydrogen (secondary N) is 1. The number of esters is 1. The lowest BCUT2D eigenvalue weighted by Crippen LogP contribution is -2.61. The molecule has 3 N–H and O–H groups in total. The van der Waals surface area contributed by atoms with Crippen molar-refractivity contribution < 1.29 is 46.6 Å². The van der Waals surface area contributed by atoms with Crippen molar-refractivity contribution in [3.63, 3.8) is 0 Å². The lowest BCUT2D eigenvalue weighted by atomic mass is 9.87. The van der Waals surface area contributed by atoms with E-state index in [0.29, 0.717) is 65.1 Å². The highest BCUT2D eigenvalue weighted by Gasteiger charge is 2.41. The Morgan fingerprint density at radius 3 is 2.28 bits per heavy atom. The van der Waals surface area contributed by atoms with Gasteiger partial charge in [0.25, 0.3) is 11.8 Å². The van der Waals surface area contributed by atoms with Crippen LogP contribution in [0, 0.1) is 0 Å². The molecule has 0 radical (unpaired) electrons. The molecule has 60 heavy (non-hydrogen) atoms. The maximum atomic E-state index is 14.2. The van der Waals surface area contributed by atoms with Crippen LogP contribution in [-0.2, 0) is 42.9 Å². The smallest absolute Gasteiger partial charge is 0.418 e. The Kier molecular flexibility index (Phi) is 14.1. The van der Waals surface area contributed by atoms with E-state index in [1.54, 1.807) is 23.9 Å². The monoisotopic (exact) mass is 862 g/mol. The number of amides is 5. The molecular weight excluding hydrogens is 809 g/mol. The third kappa shape index (κ3) is 10.7. The molecule has 2 aromatic carbocycles. The van der Waals surface area contributed by atoms with Crippen LogP contribution in [0.15, 0.2) is 36.4 Å². The first-order valence-electron chi connectivity index (χ1n) is 20.3. The molecule has 4 aliphatic rings. The van der Waals surface area contributed by atoms with Crippen molar-refractivity contribution in [1.82, 2.24) is 29.4 Å². The molecule has 15 nitrogen and oxygen atoms in total. The molecule has 1 atom stereocenters. The number of likely N-dealkylation sites (N-methyl/N-ethyl adjacent to an activating group) is 1. The normalized spacial score (nSPS) is 19.8. The molecule has 3 fully saturated rings. The first-order valence-corrected chi connectivity index (χ1v) is 20.7. The molecule has 0 bridgehead atoms. The van der Waals surface area contributed by atoms with Crippen LogP contribution in [0.1, 0.15) is 49.3 Å². The van der Waals surface area contributed by atoms with E-state index < -0.39 is 41.5 Å². The number of alkyl halides is 3. The number of likely N-dealkylation sites (tertiary alicyclic amines) is 2. The highest BCUT2D eigenvalue weighted by atomic mass is 35.5. The largest absolute Gasteiger partial charge is 0.455 e. The van der Waals surface area contributed by atoms with Crippen LogP contribution in [0.5, 0.6) is 0 Å². The molecule has 0 saturated carbocycles. The molecule has 4 aliphatic heterocycles. The molecule has 2 aromatic rings. The predicted molar refractivity (Wildman–Crippen MR) is 217 cm³/mol. The summed E-state index contributed by atoms with van der Waals surface area (Å²) in [5.41, 5.74) is 5.53. The van der Waals surface area contributed by atoms with Crippen LogP contribution in [0.25, 0.3) is 0 Å². The fraction of sp³-hybridized carbons (Fsp3) is 0.585. The summed E-state index contributed by atoms with van der Waals surface area (Å²) >= 11 is 6.15. The van der Waals surface area contributed by atoms with Crippen molar-refractivity contribution in [2.24, 2.45) is 0 Å². The van der Waals surface area contributed by atoms with Crippen molar-refractivity contribution in [2.45, 2.75) is 69.3 Å². The fourth-order valence-electron chi connectivity index (χ4n) is 8.39. The van der Waals surface area contributed by atoms with Gasteiger partial charge >= 0.3 is 24.3 Å².